The van der Waals surface area contributed by atoms with Crippen molar-refractivity contribution >= 4 is 25.9 Å². The van der Waals surface area contributed by atoms with Crippen LogP contribution < -0.4 is 30.3 Å². The third kappa shape index (κ3) is 8.99. The van der Waals surface area contributed by atoms with Gasteiger partial charge in [0, 0.05) is 18.3 Å². The van der Waals surface area contributed by atoms with E-state index in [1.165, 1.54) is 19.1 Å². The number of aromatic amines is 1. The molecule has 1 saturated heterocycles. The van der Waals surface area contributed by atoms with Gasteiger partial charge in [-0.2, -0.15) is 5.09 Å². The summed E-state index contributed by atoms with van der Waals surface area (Å²) < 4.78 is 63.3. The van der Waals surface area contributed by atoms with Gasteiger partial charge in [0.2, 0.25) is 0 Å². The first-order valence-electron chi connectivity index (χ1n) is 14.9. The van der Waals surface area contributed by atoms with Gasteiger partial charge in [0.15, 0.2) is 11.9 Å². The Kier molecular flexibility index (Phi) is 11.7. The number of aliphatic hydroxyl groups excluding tert-OH is 1. The topological polar surface area (TPSA) is 177 Å². The Morgan fingerprint density at radius 3 is 2.27 bits per heavy atom. The molecule has 0 radical (unpaired) electrons. The lowest BCUT2D eigenvalue weighted by molar-refractivity contribution is -0.149. The standard InChI is InChI=1S/C32H39FN3O11P/c1-19(2)45-29(39)20(3)35-48(41,44-18-26-28(38)32(4,33)30(46-26)36-14-13-27(37)34-31(36)40)47-23-11-9-21(10-12-23)7-8-22-15-24(42-5)17-25(16-22)43-6/h7-17,19-20,26,28,30,38H,18H2,1-6H3,(H,35,41)(H,34,37,40). The minimum Gasteiger partial charge on any atom is -0.497 e. The van der Waals surface area contributed by atoms with Crippen molar-refractivity contribution in [2.75, 3.05) is 20.8 Å². The quantitative estimate of drug-likeness (QED) is 0.127. The zero-order valence-corrected chi connectivity index (χ0v) is 28.1. The number of alkyl halides is 1. The van der Waals surface area contributed by atoms with Crippen LogP contribution in [0.3, 0.4) is 0 Å². The van der Waals surface area contributed by atoms with Crippen LogP contribution in [0.1, 0.15) is 45.0 Å². The Balaban J connectivity index is 1.53. The Morgan fingerprint density at radius 1 is 1.06 bits per heavy atom. The molecule has 0 amide bonds. The molecule has 6 atom stereocenters. The highest BCUT2D eigenvalue weighted by Crippen LogP contribution is 2.47. The van der Waals surface area contributed by atoms with Gasteiger partial charge in [0.25, 0.3) is 5.56 Å². The predicted molar refractivity (Wildman–Crippen MR) is 174 cm³/mol. The highest BCUT2D eigenvalue weighted by Gasteiger charge is 2.56. The van der Waals surface area contributed by atoms with Gasteiger partial charge < -0.3 is 28.6 Å². The molecule has 16 heteroatoms. The lowest BCUT2D eigenvalue weighted by Crippen LogP contribution is -2.43. The van der Waals surface area contributed by atoms with Crippen molar-refractivity contribution in [3.05, 3.63) is 86.7 Å². The molecule has 48 heavy (non-hydrogen) atoms. The first kappa shape index (κ1) is 36.6. The van der Waals surface area contributed by atoms with Crippen LogP contribution in [0, 0.1) is 0 Å². The van der Waals surface area contributed by atoms with Crippen LogP contribution in [0.5, 0.6) is 17.2 Å². The van der Waals surface area contributed by atoms with Gasteiger partial charge in [0.05, 0.1) is 26.9 Å². The van der Waals surface area contributed by atoms with Crippen LogP contribution >= 0.6 is 7.75 Å². The van der Waals surface area contributed by atoms with E-state index in [0.717, 1.165) is 34.9 Å². The summed E-state index contributed by atoms with van der Waals surface area (Å²) >= 11 is 0. The van der Waals surface area contributed by atoms with Crippen LogP contribution in [0.4, 0.5) is 4.39 Å². The second-order valence-corrected chi connectivity index (χ2v) is 13.1. The molecule has 6 unspecified atom stereocenters. The minimum absolute atomic E-state index is 0.0938. The Labute approximate surface area is 276 Å². The molecule has 2 aromatic carbocycles. The van der Waals surface area contributed by atoms with Crippen LogP contribution in [-0.4, -0.2) is 71.5 Å². The van der Waals surface area contributed by atoms with Crippen molar-refractivity contribution in [3.8, 4) is 17.2 Å². The molecule has 1 fully saturated rings. The molecular formula is C32H39FN3O11P. The maximum absolute atomic E-state index is 15.7. The van der Waals surface area contributed by atoms with E-state index in [9.17, 15) is 24.1 Å². The van der Waals surface area contributed by atoms with E-state index < -0.39 is 67.8 Å². The Hall–Kier alpha value is -4.27. The molecule has 0 saturated carbocycles. The van der Waals surface area contributed by atoms with E-state index >= 15 is 4.39 Å². The highest BCUT2D eigenvalue weighted by atomic mass is 31.2. The van der Waals surface area contributed by atoms with Crippen LogP contribution in [0.2, 0.25) is 0 Å². The Morgan fingerprint density at radius 2 is 1.69 bits per heavy atom. The fourth-order valence-electron chi connectivity index (χ4n) is 4.74. The molecule has 3 N–H and O–H groups in total. The van der Waals surface area contributed by atoms with Crippen molar-refractivity contribution in [2.24, 2.45) is 0 Å². The number of carbonyl (C=O) groups is 1. The summed E-state index contributed by atoms with van der Waals surface area (Å²) in [5.74, 6) is 0.606. The fourth-order valence-corrected chi connectivity index (χ4v) is 6.25. The van der Waals surface area contributed by atoms with Crippen molar-refractivity contribution in [2.45, 2.75) is 63.9 Å². The molecule has 4 rings (SSSR count). The normalized spacial score (nSPS) is 22.7. The monoisotopic (exact) mass is 691 g/mol. The summed E-state index contributed by atoms with van der Waals surface area (Å²) in [6.45, 7) is 5.02. The lowest BCUT2D eigenvalue weighted by Gasteiger charge is -2.25. The molecule has 14 nitrogen and oxygen atoms in total. The average Bonchev–Trinajstić information content (AvgIpc) is 3.26. The van der Waals surface area contributed by atoms with E-state index in [1.807, 2.05) is 29.3 Å². The largest absolute Gasteiger partial charge is 0.497 e. The Bertz CT molecular complexity index is 1750. The van der Waals surface area contributed by atoms with Gasteiger partial charge in [0.1, 0.15) is 35.5 Å². The molecule has 2 heterocycles. The molecule has 260 valence electrons. The van der Waals surface area contributed by atoms with Crippen LogP contribution in [-0.2, 0) is 23.4 Å². The van der Waals surface area contributed by atoms with Crippen molar-refractivity contribution < 1.29 is 46.9 Å². The van der Waals surface area contributed by atoms with Crippen molar-refractivity contribution in [3.63, 3.8) is 0 Å². The smallest absolute Gasteiger partial charge is 0.459 e. The number of carbonyl (C=O) groups excluding carboxylic acids is 1. The first-order chi connectivity index (χ1) is 22.6. The van der Waals surface area contributed by atoms with Crippen LogP contribution in [0.15, 0.2) is 64.3 Å². The zero-order valence-electron chi connectivity index (χ0n) is 27.2. The maximum Gasteiger partial charge on any atom is 0.459 e. The van der Waals surface area contributed by atoms with Gasteiger partial charge in [-0.15, -0.1) is 0 Å². The summed E-state index contributed by atoms with van der Waals surface area (Å²) in [5, 5.41) is 13.3. The number of aliphatic hydroxyl groups is 1. The number of benzene rings is 2. The van der Waals surface area contributed by atoms with E-state index in [0.29, 0.717) is 11.5 Å². The summed E-state index contributed by atoms with van der Waals surface area (Å²) in [7, 11) is -1.33. The molecule has 0 aliphatic carbocycles. The lowest BCUT2D eigenvalue weighted by atomic mass is 9.98. The number of aromatic nitrogens is 2. The molecule has 1 aromatic heterocycles. The number of hydrogen-bond acceptors (Lipinski definition) is 11. The number of rotatable bonds is 14. The first-order valence-corrected chi connectivity index (χ1v) is 16.5. The van der Waals surface area contributed by atoms with E-state index in [-0.39, 0.29) is 5.75 Å². The van der Waals surface area contributed by atoms with E-state index in [2.05, 4.69) is 5.09 Å². The summed E-state index contributed by atoms with van der Waals surface area (Å²) in [6.07, 6.45) is -0.705. The summed E-state index contributed by atoms with van der Waals surface area (Å²) in [6, 6.07) is 11.7. The van der Waals surface area contributed by atoms with Gasteiger partial charge in [-0.05, 0) is 63.1 Å². The number of methoxy groups -OCH3 is 2. The molecule has 0 spiro atoms. The molecule has 1 aliphatic heterocycles. The van der Waals surface area contributed by atoms with Gasteiger partial charge in [-0.3, -0.25) is 23.7 Å². The molecule has 3 aromatic rings. The minimum atomic E-state index is -4.45. The number of halogens is 1. The number of ether oxygens (including phenoxy) is 4. The summed E-state index contributed by atoms with van der Waals surface area (Å²) in [5.41, 5.74) is -2.60. The third-order valence-electron chi connectivity index (χ3n) is 7.23. The number of esters is 1. The second-order valence-electron chi connectivity index (χ2n) is 11.4. The molecular weight excluding hydrogens is 652 g/mol. The zero-order chi connectivity index (χ0) is 35.2. The number of H-pyrrole nitrogens is 1. The number of nitrogens with zero attached hydrogens (tertiary/aromatic N) is 1. The van der Waals surface area contributed by atoms with E-state index in [4.69, 9.17) is 28.0 Å². The van der Waals surface area contributed by atoms with Crippen LogP contribution in [0.25, 0.3) is 12.2 Å². The van der Waals surface area contributed by atoms with Gasteiger partial charge in [-0.1, -0.05) is 24.3 Å². The SMILES string of the molecule is COc1cc(C=Cc2ccc(OP(=O)(NC(C)C(=O)OC(C)C)OCC3OC(n4ccc(=O)[nH]c4=O)C(C)(F)C3O)cc2)cc(OC)c1. The van der Waals surface area contributed by atoms with E-state index in [1.54, 1.807) is 46.3 Å². The third-order valence-corrected chi connectivity index (χ3v) is 8.88. The average molecular weight is 692 g/mol. The van der Waals surface area contributed by atoms with Crippen molar-refractivity contribution in [1.29, 1.82) is 0 Å². The maximum atomic E-state index is 15.7. The second kappa shape index (κ2) is 15.3. The molecule has 0 bridgehead atoms. The highest BCUT2D eigenvalue weighted by molar-refractivity contribution is 7.52. The fraction of sp³-hybridized carbons (Fsp3) is 0.406. The summed E-state index contributed by atoms with van der Waals surface area (Å²) in [4.78, 5) is 38.3. The van der Waals surface area contributed by atoms with Crippen molar-refractivity contribution in [1.82, 2.24) is 14.6 Å². The number of hydrogen-bond donors (Lipinski definition) is 3. The number of nitrogens with one attached hydrogen (secondary N) is 2. The van der Waals surface area contributed by atoms with Gasteiger partial charge >= 0.3 is 19.4 Å². The van der Waals surface area contributed by atoms with Gasteiger partial charge in [-0.25, -0.2) is 13.8 Å². The predicted octanol–water partition coefficient (Wildman–Crippen LogP) is 3.84. The molecule has 1 aliphatic rings.